The van der Waals surface area contributed by atoms with Crippen LogP contribution in [0.25, 0.3) is 0 Å². The van der Waals surface area contributed by atoms with Crippen molar-refractivity contribution >= 4 is 17.6 Å². The molecule has 5 atom stereocenters. The van der Waals surface area contributed by atoms with E-state index < -0.39 is 24.1 Å². The number of piperidine rings is 1. The highest BCUT2D eigenvalue weighted by Gasteiger charge is 2.33. The third-order valence-electron chi connectivity index (χ3n) is 6.53. The summed E-state index contributed by atoms with van der Waals surface area (Å²) in [5, 5.41) is 18.9. The van der Waals surface area contributed by atoms with Crippen LogP contribution in [-0.2, 0) is 14.4 Å². The average Bonchev–Trinajstić information content (AvgIpc) is 2.78. The fourth-order valence-electron chi connectivity index (χ4n) is 4.46. The number of ketones is 1. The Hall–Kier alpha value is -1.51. The molecular formula is C25H48N4O4. The Labute approximate surface area is 200 Å². The summed E-state index contributed by atoms with van der Waals surface area (Å²) in [6.45, 7) is 8.95. The molecule has 1 fully saturated rings. The molecule has 6 N–H and O–H groups in total. The van der Waals surface area contributed by atoms with Crippen LogP contribution in [0.15, 0.2) is 0 Å². The van der Waals surface area contributed by atoms with Crippen LogP contribution in [0.4, 0.5) is 0 Å². The zero-order valence-corrected chi connectivity index (χ0v) is 21.2. The number of hydrogen-bond donors (Lipinski definition) is 5. The number of nitrogens with two attached hydrogens (primary N) is 1. The van der Waals surface area contributed by atoms with E-state index in [1.54, 1.807) is 13.8 Å². The average molecular weight is 469 g/mol. The predicted octanol–water partition coefficient (Wildman–Crippen LogP) is 1.89. The summed E-state index contributed by atoms with van der Waals surface area (Å²) in [6.07, 6.45) is 8.63. The molecule has 0 spiro atoms. The molecule has 192 valence electrons. The maximum atomic E-state index is 12.9. The predicted molar refractivity (Wildman–Crippen MR) is 132 cm³/mol. The Kier molecular flexibility index (Phi) is 14.5. The van der Waals surface area contributed by atoms with Gasteiger partial charge in [-0.15, -0.1) is 0 Å². The van der Waals surface area contributed by atoms with Crippen molar-refractivity contribution in [1.29, 1.82) is 0 Å². The molecule has 0 saturated carbocycles. The Bertz CT molecular complexity index is 597. The van der Waals surface area contributed by atoms with E-state index in [1.807, 2.05) is 0 Å². The standard InChI is InChI=1S/C25H48N4O4/c1-5-6-7-8-9-10-11-19-14-20(16-27-15-19)24(32)29-22(18(4)30)25(33)28-21(12-13-26)23(31)17(2)3/h17-22,27,30H,5-16,26H2,1-4H3,(H,28,33)(H,29,32)/t18-,19?,20?,21-,22-/m0/s1. The van der Waals surface area contributed by atoms with E-state index in [1.165, 1.54) is 45.4 Å². The van der Waals surface area contributed by atoms with Gasteiger partial charge in [0.05, 0.1) is 18.1 Å². The molecule has 0 radical (unpaired) electrons. The first-order valence-electron chi connectivity index (χ1n) is 12.9. The topological polar surface area (TPSA) is 134 Å². The number of Topliss-reactive ketones (excluding diaryl/α,β-unsaturated/α-hetero) is 1. The van der Waals surface area contributed by atoms with Crippen molar-refractivity contribution in [2.75, 3.05) is 19.6 Å². The number of hydrogen-bond acceptors (Lipinski definition) is 6. The van der Waals surface area contributed by atoms with E-state index in [4.69, 9.17) is 5.73 Å². The Balaban J connectivity index is 2.61. The summed E-state index contributed by atoms with van der Waals surface area (Å²) in [6, 6.07) is -1.84. The molecule has 8 nitrogen and oxygen atoms in total. The molecule has 1 aliphatic heterocycles. The van der Waals surface area contributed by atoms with Crippen LogP contribution >= 0.6 is 0 Å². The molecule has 1 heterocycles. The van der Waals surface area contributed by atoms with Crippen molar-refractivity contribution in [1.82, 2.24) is 16.0 Å². The van der Waals surface area contributed by atoms with Crippen molar-refractivity contribution < 1.29 is 19.5 Å². The van der Waals surface area contributed by atoms with E-state index in [-0.39, 0.29) is 30.1 Å². The van der Waals surface area contributed by atoms with Crippen LogP contribution in [-0.4, -0.2) is 60.5 Å². The Morgan fingerprint density at radius 3 is 2.30 bits per heavy atom. The van der Waals surface area contributed by atoms with Crippen molar-refractivity contribution in [2.24, 2.45) is 23.5 Å². The highest BCUT2D eigenvalue weighted by atomic mass is 16.3. The van der Waals surface area contributed by atoms with E-state index >= 15 is 0 Å². The van der Waals surface area contributed by atoms with Gasteiger partial charge in [0.25, 0.3) is 0 Å². The lowest BCUT2D eigenvalue weighted by atomic mass is 9.86. The lowest BCUT2D eigenvalue weighted by molar-refractivity contribution is -0.136. The normalized spacial score (nSPS) is 21.3. The minimum Gasteiger partial charge on any atom is -0.391 e. The molecule has 0 aromatic rings. The highest BCUT2D eigenvalue weighted by Crippen LogP contribution is 2.23. The first kappa shape index (κ1) is 29.5. The Morgan fingerprint density at radius 1 is 1.03 bits per heavy atom. The molecule has 0 bridgehead atoms. The number of carbonyl (C=O) groups excluding carboxylic acids is 3. The molecule has 2 unspecified atom stereocenters. The monoisotopic (exact) mass is 468 g/mol. The van der Waals surface area contributed by atoms with Crippen LogP contribution in [0.5, 0.6) is 0 Å². The van der Waals surface area contributed by atoms with Crippen molar-refractivity contribution in [2.45, 2.75) is 104 Å². The molecule has 0 aromatic carbocycles. The van der Waals surface area contributed by atoms with Crippen LogP contribution in [0.1, 0.15) is 85.5 Å². The van der Waals surface area contributed by atoms with Gasteiger partial charge in [-0.1, -0.05) is 59.3 Å². The molecule has 1 aliphatic rings. The molecule has 0 aromatic heterocycles. The number of amides is 2. The van der Waals surface area contributed by atoms with E-state index in [2.05, 4.69) is 22.9 Å². The number of rotatable bonds is 16. The molecule has 1 rings (SSSR count). The molecule has 33 heavy (non-hydrogen) atoms. The quantitative estimate of drug-likeness (QED) is 0.220. The third kappa shape index (κ3) is 11.0. The summed E-state index contributed by atoms with van der Waals surface area (Å²) >= 11 is 0. The van der Waals surface area contributed by atoms with Gasteiger partial charge in [-0.05, 0) is 45.2 Å². The smallest absolute Gasteiger partial charge is 0.245 e. The minimum absolute atomic E-state index is 0.113. The van der Waals surface area contributed by atoms with Gasteiger partial charge in [0.2, 0.25) is 11.8 Å². The van der Waals surface area contributed by atoms with E-state index in [0.717, 1.165) is 19.4 Å². The number of nitrogens with one attached hydrogen (secondary N) is 3. The molecular weight excluding hydrogens is 420 g/mol. The summed E-state index contributed by atoms with van der Waals surface area (Å²) in [4.78, 5) is 38.2. The fourth-order valence-corrected chi connectivity index (χ4v) is 4.46. The SMILES string of the molecule is CCCCCCCCC1CNCC(C(=O)N[C@H](C(=O)N[C@@H](CCN)C(=O)C(C)C)[C@H](C)O)C1. The largest absolute Gasteiger partial charge is 0.391 e. The second kappa shape index (κ2) is 16.2. The maximum Gasteiger partial charge on any atom is 0.245 e. The van der Waals surface area contributed by atoms with Crippen molar-refractivity contribution in [3.8, 4) is 0 Å². The summed E-state index contributed by atoms with van der Waals surface area (Å²) in [7, 11) is 0. The van der Waals surface area contributed by atoms with E-state index in [9.17, 15) is 19.5 Å². The minimum atomic E-state index is -1.11. The van der Waals surface area contributed by atoms with Crippen molar-refractivity contribution in [3.63, 3.8) is 0 Å². The molecule has 2 amide bonds. The van der Waals surface area contributed by atoms with Crippen LogP contribution in [0.3, 0.4) is 0 Å². The first-order valence-corrected chi connectivity index (χ1v) is 12.9. The number of carbonyl (C=O) groups is 3. The van der Waals surface area contributed by atoms with Gasteiger partial charge in [0.15, 0.2) is 5.78 Å². The Morgan fingerprint density at radius 2 is 1.70 bits per heavy atom. The van der Waals surface area contributed by atoms with Gasteiger partial charge in [0, 0.05) is 12.5 Å². The molecule has 0 aliphatic carbocycles. The number of aliphatic hydroxyl groups excluding tert-OH is 1. The number of aliphatic hydroxyl groups is 1. The second-order valence-corrected chi connectivity index (χ2v) is 9.94. The summed E-state index contributed by atoms with van der Waals surface area (Å²) in [5.41, 5.74) is 5.61. The second-order valence-electron chi connectivity index (χ2n) is 9.94. The van der Waals surface area contributed by atoms with Crippen molar-refractivity contribution in [3.05, 3.63) is 0 Å². The van der Waals surface area contributed by atoms with Gasteiger partial charge in [0.1, 0.15) is 6.04 Å². The lowest BCUT2D eigenvalue weighted by Gasteiger charge is -2.31. The van der Waals surface area contributed by atoms with Gasteiger partial charge in [-0.3, -0.25) is 14.4 Å². The van der Waals surface area contributed by atoms with Crippen LogP contribution in [0.2, 0.25) is 0 Å². The van der Waals surface area contributed by atoms with Gasteiger partial charge >= 0.3 is 0 Å². The lowest BCUT2D eigenvalue weighted by Crippen LogP contribution is -2.58. The maximum absolute atomic E-state index is 12.9. The molecule has 1 saturated heterocycles. The zero-order chi connectivity index (χ0) is 24.8. The van der Waals surface area contributed by atoms with Gasteiger partial charge in [-0.25, -0.2) is 0 Å². The van der Waals surface area contributed by atoms with Gasteiger partial charge < -0.3 is 26.8 Å². The summed E-state index contributed by atoms with van der Waals surface area (Å²) < 4.78 is 0. The number of unbranched alkanes of at least 4 members (excludes halogenated alkanes) is 5. The fraction of sp³-hybridized carbons (Fsp3) is 0.880. The van der Waals surface area contributed by atoms with Crippen LogP contribution in [0, 0.1) is 17.8 Å². The van der Waals surface area contributed by atoms with E-state index in [0.29, 0.717) is 18.9 Å². The zero-order valence-electron chi connectivity index (χ0n) is 21.2. The van der Waals surface area contributed by atoms with Crippen LogP contribution < -0.4 is 21.7 Å². The highest BCUT2D eigenvalue weighted by molar-refractivity contribution is 5.94. The molecule has 8 heteroatoms. The van der Waals surface area contributed by atoms with Gasteiger partial charge in [-0.2, -0.15) is 0 Å². The summed E-state index contributed by atoms with van der Waals surface area (Å²) in [5.74, 6) is -0.955. The third-order valence-corrected chi connectivity index (χ3v) is 6.53. The first-order chi connectivity index (χ1) is 15.7.